The topological polar surface area (TPSA) is 42.4 Å². The van der Waals surface area contributed by atoms with Crippen LogP contribution in [0.2, 0.25) is 0 Å². The lowest BCUT2D eigenvalue weighted by Gasteiger charge is -2.13. The van der Waals surface area contributed by atoms with Gasteiger partial charge in [0.05, 0.1) is 18.2 Å². The number of rotatable bonds is 3. The molecule has 90 valence electrons. The Kier molecular flexibility index (Phi) is 3.93. The van der Waals surface area contributed by atoms with Crippen molar-refractivity contribution < 1.29 is 27.4 Å². The first kappa shape index (κ1) is 13.0. The highest BCUT2D eigenvalue weighted by Gasteiger charge is 2.33. The predicted molar refractivity (Wildman–Crippen MR) is 46.4 cm³/mol. The summed E-state index contributed by atoms with van der Waals surface area (Å²) in [5.74, 6) is -2.36. The lowest BCUT2D eigenvalue weighted by Crippen LogP contribution is -2.19. The number of halogens is 5. The van der Waals surface area contributed by atoms with Gasteiger partial charge in [0, 0.05) is 11.6 Å². The summed E-state index contributed by atoms with van der Waals surface area (Å²) in [4.78, 5) is 3.20. The van der Waals surface area contributed by atoms with Crippen LogP contribution in [0.3, 0.4) is 0 Å². The van der Waals surface area contributed by atoms with Crippen LogP contribution >= 0.6 is 11.6 Å². The van der Waals surface area contributed by atoms with E-state index in [1.807, 2.05) is 0 Å². The van der Waals surface area contributed by atoms with Gasteiger partial charge in [-0.2, -0.15) is 4.39 Å². The summed E-state index contributed by atoms with van der Waals surface area (Å²) < 4.78 is 52.2. The second kappa shape index (κ2) is 4.84. The Balaban J connectivity index is 3.20. The van der Waals surface area contributed by atoms with Gasteiger partial charge < -0.3 is 9.84 Å². The van der Waals surface area contributed by atoms with Gasteiger partial charge in [0.1, 0.15) is 5.75 Å². The van der Waals surface area contributed by atoms with Crippen molar-refractivity contribution in [2.75, 3.05) is 0 Å². The number of aromatic nitrogens is 1. The molecule has 0 aromatic carbocycles. The van der Waals surface area contributed by atoms with Crippen molar-refractivity contribution in [3.05, 3.63) is 23.3 Å². The molecule has 3 nitrogen and oxygen atoms in total. The first-order valence-corrected chi connectivity index (χ1v) is 4.51. The first-order chi connectivity index (χ1) is 7.37. The molecule has 1 rings (SSSR count). The molecule has 0 fully saturated rings. The van der Waals surface area contributed by atoms with Gasteiger partial charge in [-0.15, -0.1) is 24.8 Å². The minimum absolute atomic E-state index is 0.192. The number of alkyl halides is 4. The lowest BCUT2D eigenvalue weighted by molar-refractivity contribution is -0.275. The minimum atomic E-state index is -4.96. The second-order valence-electron chi connectivity index (χ2n) is 2.71. The number of hydrogen-bond acceptors (Lipinski definition) is 3. The highest BCUT2D eigenvalue weighted by Crippen LogP contribution is 2.29. The third-order valence-corrected chi connectivity index (χ3v) is 1.91. The lowest BCUT2D eigenvalue weighted by atomic mass is 10.2. The number of nitrogens with zero attached hydrogens (tertiary/aromatic N) is 1. The molecule has 0 atom stereocenters. The molecule has 0 saturated heterocycles. The molecule has 0 saturated carbocycles. The Bertz CT molecular complexity index is 383. The maximum Gasteiger partial charge on any atom is 0.573 e. The maximum atomic E-state index is 12.8. The molecule has 0 aliphatic carbocycles. The van der Waals surface area contributed by atoms with E-state index in [0.29, 0.717) is 6.07 Å². The van der Waals surface area contributed by atoms with Crippen LogP contribution in [0.15, 0.2) is 6.07 Å². The highest BCUT2D eigenvalue weighted by atomic mass is 35.5. The Morgan fingerprint density at radius 3 is 2.50 bits per heavy atom. The number of hydrogen-bond donors (Lipinski definition) is 1. The number of ether oxygens (including phenoxy) is 1. The Morgan fingerprint density at radius 2 is 2.06 bits per heavy atom. The highest BCUT2D eigenvalue weighted by molar-refractivity contribution is 6.17. The maximum absolute atomic E-state index is 12.8. The average molecular weight is 260 g/mol. The van der Waals surface area contributed by atoms with Gasteiger partial charge >= 0.3 is 6.36 Å². The third kappa shape index (κ3) is 3.21. The minimum Gasteiger partial charge on any atom is -0.405 e. The zero-order valence-electron chi connectivity index (χ0n) is 7.68. The summed E-state index contributed by atoms with van der Waals surface area (Å²) in [6, 6.07) is 0.463. The first-order valence-electron chi connectivity index (χ1n) is 3.98. The van der Waals surface area contributed by atoms with Crippen molar-refractivity contribution in [3.63, 3.8) is 0 Å². The Labute approximate surface area is 92.6 Å². The fourth-order valence-corrected chi connectivity index (χ4v) is 1.34. The van der Waals surface area contributed by atoms with Crippen molar-refractivity contribution in [1.82, 2.24) is 4.98 Å². The molecule has 8 heteroatoms. The summed E-state index contributed by atoms with van der Waals surface area (Å²) >= 11 is 5.38. The van der Waals surface area contributed by atoms with Crippen molar-refractivity contribution in [1.29, 1.82) is 0 Å². The summed E-state index contributed by atoms with van der Waals surface area (Å²) in [7, 11) is 0. The van der Waals surface area contributed by atoms with Crippen LogP contribution in [-0.2, 0) is 12.5 Å². The van der Waals surface area contributed by atoms with Crippen molar-refractivity contribution >= 4 is 11.6 Å². The third-order valence-electron chi connectivity index (χ3n) is 1.65. The zero-order valence-corrected chi connectivity index (χ0v) is 8.44. The van der Waals surface area contributed by atoms with E-state index in [1.165, 1.54) is 0 Å². The monoisotopic (exact) mass is 259 g/mol. The van der Waals surface area contributed by atoms with Crippen molar-refractivity contribution in [3.8, 4) is 5.75 Å². The largest absolute Gasteiger partial charge is 0.573 e. The molecule has 16 heavy (non-hydrogen) atoms. The van der Waals surface area contributed by atoms with Crippen LogP contribution < -0.4 is 4.74 Å². The average Bonchev–Trinajstić information content (AvgIpc) is 2.14. The number of aliphatic hydroxyl groups excluding tert-OH is 1. The molecule has 0 aliphatic rings. The zero-order chi connectivity index (χ0) is 12.3. The summed E-state index contributed by atoms with van der Waals surface area (Å²) in [5, 5.41) is 8.77. The number of pyridine rings is 1. The van der Waals surface area contributed by atoms with Gasteiger partial charge in [0.15, 0.2) is 0 Å². The van der Waals surface area contributed by atoms with Gasteiger partial charge in [0.2, 0.25) is 5.95 Å². The molecule has 0 unspecified atom stereocenters. The van der Waals surface area contributed by atoms with E-state index in [0.717, 1.165) is 0 Å². The molecule has 1 N–H and O–H groups in total. The molecular weight excluding hydrogens is 254 g/mol. The Hall–Kier alpha value is -1.08. The van der Waals surface area contributed by atoms with Crippen LogP contribution in [0, 0.1) is 5.95 Å². The normalized spacial score (nSPS) is 11.6. The summed E-state index contributed by atoms with van der Waals surface area (Å²) in [6.07, 6.45) is -4.96. The van der Waals surface area contributed by atoms with E-state index in [4.69, 9.17) is 16.7 Å². The van der Waals surface area contributed by atoms with Crippen LogP contribution in [-0.4, -0.2) is 16.5 Å². The standard InChI is InChI=1S/C8H6ClF4NO2/c9-2-4-5(3-15)14-7(10)1-6(4)16-8(11,12)13/h1,15H,2-3H2. The van der Waals surface area contributed by atoms with Gasteiger partial charge in [-0.3, -0.25) is 0 Å². The quantitative estimate of drug-likeness (QED) is 0.515. The molecule has 1 aromatic heterocycles. The van der Waals surface area contributed by atoms with Crippen molar-refractivity contribution in [2.45, 2.75) is 18.8 Å². The van der Waals surface area contributed by atoms with E-state index < -0.39 is 24.7 Å². The molecule has 0 spiro atoms. The fraction of sp³-hybridized carbons (Fsp3) is 0.375. The molecule has 0 radical (unpaired) electrons. The fourth-order valence-electron chi connectivity index (χ4n) is 1.06. The van der Waals surface area contributed by atoms with E-state index in [2.05, 4.69) is 9.72 Å². The Morgan fingerprint density at radius 1 is 1.44 bits per heavy atom. The smallest absolute Gasteiger partial charge is 0.405 e. The van der Waals surface area contributed by atoms with E-state index >= 15 is 0 Å². The molecule has 0 bridgehead atoms. The SMILES string of the molecule is OCc1nc(F)cc(OC(F)(F)F)c1CCl. The van der Waals surface area contributed by atoms with Crippen LogP contribution in [0.4, 0.5) is 17.6 Å². The van der Waals surface area contributed by atoms with Gasteiger partial charge in [-0.05, 0) is 0 Å². The molecule has 1 aromatic rings. The van der Waals surface area contributed by atoms with Crippen molar-refractivity contribution in [2.24, 2.45) is 0 Å². The van der Waals surface area contributed by atoms with Gasteiger partial charge in [0.25, 0.3) is 0 Å². The van der Waals surface area contributed by atoms with Crippen LogP contribution in [0.25, 0.3) is 0 Å². The van der Waals surface area contributed by atoms with Gasteiger partial charge in [-0.25, -0.2) is 4.98 Å². The number of aliphatic hydroxyl groups is 1. The summed E-state index contributed by atoms with van der Waals surface area (Å²) in [5.41, 5.74) is -0.475. The summed E-state index contributed by atoms with van der Waals surface area (Å²) in [6.45, 7) is -0.728. The van der Waals surface area contributed by atoms with E-state index in [1.54, 1.807) is 0 Å². The molecule has 1 heterocycles. The molecular formula is C8H6ClF4NO2. The van der Waals surface area contributed by atoms with Crippen LogP contribution in [0.1, 0.15) is 11.3 Å². The van der Waals surface area contributed by atoms with Crippen LogP contribution in [0.5, 0.6) is 5.75 Å². The predicted octanol–water partition coefficient (Wildman–Crippen LogP) is 2.35. The van der Waals surface area contributed by atoms with E-state index in [9.17, 15) is 17.6 Å². The molecule has 0 amide bonds. The van der Waals surface area contributed by atoms with E-state index in [-0.39, 0.29) is 17.1 Å². The second-order valence-corrected chi connectivity index (χ2v) is 2.98. The molecule has 0 aliphatic heterocycles. The van der Waals surface area contributed by atoms with Gasteiger partial charge in [-0.1, -0.05) is 0 Å².